The lowest BCUT2D eigenvalue weighted by Crippen LogP contribution is -2.25. The molecule has 0 spiro atoms. The Balaban J connectivity index is 2.05. The predicted octanol–water partition coefficient (Wildman–Crippen LogP) is 3.33. The van der Waals surface area contributed by atoms with Crippen molar-refractivity contribution in [3.8, 4) is 0 Å². The minimum absolute atomic E-state index is 0.625. The van der Waals surface area contributed by atoms with Crippen molar-refractivity contribution < 1.29 is 10.2 Å². The Hall–Kier alpha value is -1.90. The molecule has 0 aromatic heterocycles. The van der Waals surface area contributed by atoms with Crippen LogP contribution in [-0.2, 0) is 6.42 Å². The van der Waals surface area contributed by atoms with Crippen LogP contribution in [0.5, 0.6) is 0 Å². The van der Waals surface area contributed by atoms with Crippen LogP contribution in [0.4, 0.5) is 0 Å². The summed E-state index contributed by atoms with van der Waals surface area (Å²) in [5.41, 5.74) is 2.07. The molecule has 100 valence electrons. The van der Waals surface area contributed by atoms with Gasteiger partial charge in [-0.2, -0.15) is 0 Å². The molecule has 0 radical (unpaired) electrons. The van der Waals surface area contributed by atoms with Gasteiger partial charge in [0.25, 0.3) is 0 Å². The summed E-state index contributed by atoms with van der Waals surface area (Å²) in [7, 11) is 0. The minimum Gasteiger partial charge on any atom is -0.390 e. The van der Waals surface area contributed by atoms with Crippen molar-refractivity contribution in [2.75, 3.05) is 0 Å². The molecule has 0 amide bonds. The third kappa shape index (κ3) is 1.65. The highest BCUT2D eigenvalue weighted by atomic mass is 16.3. The van der Waals surface area contributed by atoms with Crippen molar-refractivity contribution in [2.24, 2.45) is 0 Å². The number of hydrogen-bond donors (Lipinski definition) is 2. The molecule has 0 saturated carbocycles. The SMILES string of the molecule is OC1CCc2c(ccc3cc4ccccc4cc23)C1O. The molecule has 0 heterocycles. The number of benzene rings is 3. The Labute approximate surface area is 117 Å². The van der Waals surface area contributed by atoms with Crippen LogP contribution in [0.15, 0.2) is 48.5 Å². The Morgan fingerprint density at radius 1 is 0.850 bits per heavy atom. The second-order valence-electron chi connectivity index (χ2n) is 5.60. The molecule has 0 aliphatic heterocycles. The molecular weight excluding hydrogens is 248 g/mol. The second kappa shape index (κ2) is 4.30. The molecule has 3 aromatic carbocycles. The van der Waals surface area contributed by atoms with E-state index in [9.17, 15) is 10.2 Å². The third-order valence-electron chi connectivity index (χ3n) is 4.41. The lowest BCUT2D eigenvalue weighted by atomic mass is 9.84. The second-order valence-corrected chi connectivity index (χ2v) is 5.60. The van der Waals surface area contributed by atoms with E-state index in [0.29, 0.717) is 6.42 Å². The van der Waals surface area contributed by atoms with Crippen molar-refractivity contribution in [3.63, 3.8) is 0 Å². The number of fused-ring (bicyclic) bond motifs is 4. The van der Waals surface area contributed by atoms with E-state index in [0.717, 1.165) is 12.0 Å². The Morgan fingerprint density at radius 2 is 1.60 bits per heavy atom. The third-order valence-corrected chi connectivity index (χ3v) is 4.41. The summed E-state index contributed by atoms with van der Waals surface area (Å²) < 4.78 is 0. The van der Waals surface area contributed by atoms with Crippen LogP contribution in [0.2, 0.25) is 0 Å². The molecule has 0 fully saturated rings. The largest absolute Gasteiger partial charge is 0.390 e. The molecule has 4 rings (SSSR count). The van der Waals surface area contributed by atoms with Gasteiger partial charge < -0.3 is 10.2 Å². The molecule has 1 aliphatic carbocycles. The van der Waals surface area contributed by atoms with E-state index < -0.39 is 12.2 Å². The quantitative estimate of drug-likeness (QED) is 0.611. The summed E-state index contributed by atoms with van der Waals surface area (Å²) in [6, 6.07) is 16.7. The lowest BCUT2D eigenvalue weighted by molar-refractivity contribution is 0.00676. The predicted molar refractivity (Wildman–Crippen MR) is 80.7 cm³/mol. The summed E-state index contributed by atoms with van der Waals surface area (Å²) in [6.07, 6.45) is 0.0543. The van der Waals surface area contributed by atoms with E-state index in [1.165, 1.54) is 27.1 Å². The van der Waals surface area contributed by atoms with Gasteiger partial charge in [-0.1, -0.05) is 36.4 Å². The first-order valence-electron chi connectivity index (χ1n) is 7.04. The molecule has 0 bridgehead atoms. The van der Waals surface area contributed by atoms with Crippen molar-refractivity contribution in [3.05, 3.63) is 59.7 Å². The van der Waals surface area contributed by atoms with Crippen molar-refractivity contribution in [2.45, 2.75) is 25.0 Å². The fraction of sp³-hybridized carbons (Fsp3) is 0.222. The number of aliphatic hydroxyl groups excluding tert-OH is 2. The van der Waals surface area contributed by atoms with Gasteiger partial charge in [0.05, 0.1) is 6.10 Å². The Kier molecular flexibility index (Phi) is 2.56. The maximum atomic E-state index is 10.2. The highest BCUT2D eigenvalue weighted by Crippen LogP contribution is 2.36. The lowest BCUT2D eigenvalue weighted by Gasteiger charge is -2.27. The molecule has 2 atom stereocenters. The van der Waals surface area contributed by atoms with Gasteiger partial charge in [-0.15, -0.1) is 0 Å². The Bertz CT molecular complexity index is 807. The minimum atomic E-state index is -0.755. The molecule has 20 heavy (non-hydrogen) atoms. The topological polar surface area (TPSA) is 40.5 Å². The van der Waals surface area contributed by atoms with Crippen LogP contribution in [0, 0.1) is 0 Å². The van der Waals surface area contributed by atoms with Crippen LogP contribution < -0.4 is 0 Å². The van der Waals surface area contributed by atoms with Gasteiger partial charge in [0.2, 0.25) is 0 Å². The highest BCUT2D eigenvalue weighted by Gasteiger charge is 2.27. The Morgan fingerprint density at radius 3 is 2.40 bits per heavy atom. The van der Waals surface area contributed by atoms with Crippen LogP contribution in [0.3, 0.4) is 0 Å². The first-order chi connectivity index (χ1) is 9.74. The van der Waals surface area contributed by atoms with Crippen LogP contribution >= 0.6 is 0 Å². The number of hydrogen-bond acceptors (Lipinski definition) is 2. The summed E-state index contributed by atoms with van der Waals surface area (Å²) in [5, 5.41) is 24.8. The van der Waals surface area contributed by atoms with Gasteiger partial charge in [0, 0.05) is 0 Å². The van der Waals surface area contributed by atoms with E-state index in [1.807, 2.05) is 24.3 Å². The molecule has 2 unspecified atom stereocenters. The number of rotatable bonds is 0. The van der Waals surface area contributed by atoms with Crippen LogP contribution in [0.25, 0.3) is 21.5 Å². The molecule has 2 N–H and O–H groups in total. The monoisotopic (exact) mass is 264 g/mol. The first kappa shape index (κ1) is 11.9. The van der Waals surface area contributed by atoms with Gasteiger partial charge >= 0.3 is 0 Å². The average Bonchev–Trinajstić information content (AvgIpc) is 2.48. The molecular formula is C18H16O2. The van der Waals surface area contributed by atoms with E-state index in [2.05, 4.69) is 24.3 Å². The van der Waals surface area contributed by atoms with Gasteiger partial charge in [-0.25, -0.2) is 0 Å². The zero-order chi connectivity index (χ0) is 13.7. The van der Waals surface area contributed by atoms with Gasteiger partial charge in [0.1, 0.15) is 6.10 Å². The van der Waals surface area contributed by atoms with Crippen molar-refractivity contribution in [1.82, 2.24) is 0 Å². The molecule has 3 aromatic rings. The van der Waals surface area contributed by atoms with Crippen molar-refractivity contribution in [1.29, 1.82) is 0 Å². The maximum absolute atomic E-state index is 10.2. The standard InChI is InChI=1S/C18H16O2/c19-17-8-7-14-15(18(17)20)6-5-13-9-11-3-1-2-4-12(11)10-16(13)14/h1-6,9-10,17-20H,7-8H2. The van der Waals surface area contributed by atoms with Gasteiger partial charge in [-0.3, -0.25) is 0 Å². The maximum Gasteiger partial charge on any atom is 0.105 e. The molecule has 2 heteroatoms. The number of aliphatic hydroxyl groups is 2. The number of aryl methyl sites for hydroxylation is 1. The van der Waals surface area contributed by atoms with E-state index >= 15 is 0 Å². The van der Waals surface area contributed by atoms with E-state index in [1.54, 1.807) is 0 Å². The zero-order valence-corrected chi connectivity index (χ0v) is 11.1. The van der Waals surface area contributed by atoms with Crippen LogP contribution in [0.1, 0.15) is 23.7 Å². The summed E-state index contributed by atoms with van der Waals surface area (Å²) in [6.45, 7) is 0. The first-order valence-corrected chi connectivity index (χ1v) is 7.04. The van der Waals surface area contributed by atoms with Crippen LogP contribution in [-0.4, -0.2) is 16.3 Å². The smallest absolute Gasteiger partial charge is 0.105 e. The fourth-order valence-corrected chi connectivity index (χ4v) is 3.31. The summed E-state index contributed by atoms with van der Waals surface area (Å²) in [5.74, 6) is 0. The van der Waals surface area contributed by atoms with E-state index in [4.69, 9.17) is 0 Å². The normalized spacial score (nSPS) is 22.1. The van der Waals surface area contributed by atoms with Gasteiger partial charge in [0.15, 0.2) is 0 Å². The van der Waals surface area contributed by atoms with Gasteiger partial charge in [-0.05, 0) is 57.6 Å². The zero-order valence-electron chi connectivity index (χ0n) is 11.1. The summed E-state index contributed by atoms with van der Waals surface area (Å²) >= 11 is 0. The fourth-order valence-electron chi connectivity index (χ4n) is 3.31. The van der Waals surface area contributed by atoms with E-state index in [-0.39, 0.29) is 0 Å². The molecule has 1 aliphatic rings. The molecule has 2 nitrogen and oxygen atoms in total. The summed E-state index contributed by atoms with van der Waals surface area (Å²) in [4.78, 5) is 0. The average molecular weight is 264 g/mol. The van der Waals surface area contributed by atoms with Crippen molar-refractivity contribution >= 4 is 21.5 Å². The molecule has 0 saturated heterocycles. The highest BCUT2D eigenvalue weighted by molar-refractivity contribution is 6.00.